The van der Waals surface area contributed by atoms with Crippen LogP contribution in [0.2, 0.25) is 0 Å². The van der Waals surface area contributed by atoms with E-state index in [0.717, 1.165) is 23.4 Å². The molecule has 0 bridgehead atoms. The minimum Gasteiger partial charge on any atom is -0.378 e. The third-order valence-electron chi connectivity index (χ3n) is 3.52. The standard InChI is InChI=1S/C16H17BrN4O2/c17-13-3-1-2-12(10-13)16(22)19-11-14-18-5-4-15(20-14)21-6-8-23-9-7-21/h1-5,10H,6-9,11H2,(H,19,22). The van der Waals surface area contributed by atoms with Gasteiger partial charge in [-0.25, -0.2) is 9.97 Å². The molecule has 2 aromatic rings. The molecule has 2 heterocycles. The first-order valence-electron chi connectivity index (χ1n) is 7.41. The first kappa shape index (κ1) is 15.9. The Balaban J connectivity index is 1.63. The summed E-state index contributed by atoms with van der Waals surface area (Å²) in [5.41, 5.74) is 0.601. The van der Waals surface area contributed by atoms with Crippen molar-refractivity contribution in [3.05, 3.63) is 52.4 Å². The molecule has 0 unspecified atom stereocenters. The molecule has 1 amide bonds. The van der Waals surface area contributed by atoms with Gasteiger partial charge in [-0.2, -0.15) is 0 Å². The van der Waals surface area contributed by atoms with Gasteiger partial charge in [-0.05, 0) is 24.3 Å². The molecule has 3 rings (SSSR count). The van der Waals surface area contributed by atoms with Crippen molar-refractivity contribution in [2.45, 2.75) is 6.54 Å². The second-order valence-corrected chi connectivity index (χ2v) is 6.04. The van der Waals surface area contributed by atoms with E-state index in [9.17, 15) is 4.79 Å². The van der Waals surface area contributed by atoms with Gasteiger partial charge in [-0.15, -0.1) is 0 Å². The Hall–Kier alpha value is -1.99. The van der Waals surface area contributed by atoms with Crippen LogP contribution < -0.4 is 10.2 Å². The number of rotatable bonds is 4. The lowest BCUT2D eigenvalue weighted by Gasteiger charge is -2.27. The largest absolute Gasteiger partial charge is 0.378 e. The number of ether oxygens (including phenoxy) is 1. The van der Waals surface area contributed by atoms with Gasteiger partial charge in [0.25, 0.3) is 5.91 Å². The molecule has 120 valence electrons. The smallest absolute Gasteiger partial charge is 0.251 e. The van der Waals surface area contributed by atoms with E-state index in [4.69, 9.17) is 4.74 Å². The van der Waals surface area contributed by atoms with Crippen molar-refractivity contribution in [2.75, 3.05) is 31.2 Å². The maximum absolute atomic E-state index is 12.1. The van der Waals surface area contributed by atoms with E-state index in [1.165, 1.54) is 0 Å². The van der Waals surface area contributed by atoms with Crippen LogP contribution in [-0.4, -0.2) is 42.2 Å². The highest BCUT2D eigenvalue weighted by atomic mass is 79.9. The maximum atomic E-state index is 12.1. The summed E-state index contributed by atoms with van der Waals surface area (Å²) in [6.07, 6.45) is 1.72. The fraction of sp³-hybridized carbons (Fsp3) is 0.312. The summed E-state index contributed by atoms with van der Waals surface area (Å²) < 4.78 is 6.21. The lowest BCUT2D eigenvalue weighted by atomic mass is 10.2. The molecular formula is C16H17BrN4O2. The van der Waals surface area contributed by atoms with Gasteiger partial charge in [-0.1, -0.05) is 22.0 Å². The molecule has 0 atom stereocenters. The van der Waals surface area contributed by atoms with E-state index < -0.39 is 0 Å². The van der Waals surface area contributed by atoms with Crippen molar-refractivity contribution in [3.8, 4) is 0 Å². The van der Waals surface area contributed by atoms with Crippen LogP contribution in [0.4, 0.5) is 5.82 Å². The van der Waals surface area contributed by atoms with Gasteiger partial charge in [0.2, 0.25) is 0 Å². The number of morpholine rings is 1. The minimum atomic E-state index is -0.147. The first-order valence-corrected chi connectivity index (χ1v) is 8.20. The Kier molecular flexibility index (Phi) is 5.19. The molecule has 0 spiro atoms. The lowest BCUT2D eigenvalue weighted by molar-refractivity contribution is 0.0950. The number of carbonyl (C=O) groups excluding carboxylic acids is 1. The molecule has 23 heavy (non-hydrogen) atoms. The van der Waals surface area contributed by atoms with Crippen LogP contribution in [0.25, 0.3) is 0 Å². The molecule has 1 aromatic carbocycles. The summed E-state index contributed by atoms with van der Waals surface area (Å²) in [7, 11) is 0. The van der Waals surface area contributed by atoms with Crippen molar-refractivity contribution in [1.29, 1.82) is 0 Å². The van der Waals surface area contributed by atoms with Gasteiger partial charge >= 0.3 is 0 Å². The van der Waals surface area contributed by atoms with Crippen LogP contribution in [0.5, 0.6) is 0 Å². The number of halogens is 1. The molecule has 0 aliphatic carbocycles. The number of hydrogen-bond donors (Lipinski definition) is 1. The molecule has 1 N–H and O–H groups in total. The Morgan fingerprint density at radius 3 is 2.91 bits per heavy atom. The van der Waals surface area contributed by atoms with E-state index in [1.54, 1.807) is 18.3 Å². The SMILES string of the molecule is O=C(NCc1nccc(N2CCOCC2)n1)c1cccc(Br)c1. The second kappa shape index (κ2) is 7.52. The summed E-state index contributed by atoms with van der Waals surface area (Å²) in [6, 6.07) is 9.14. The number of nitrogens with zero attached hydrogens (tertiary/aromatic N) is 3. The van der Waals surface area contributed by atoms with E-state index in [1.807, 2.05) is 18.2 Å². The molecule has 1 saturated heterocycles. The molecule has 0 radical (unpaired) electrons. The molecule has 6 nitrogen and oxygen atoms in total. The lowest BCUT2D eigenvalue weighted by Crippen LogP contribution is -2.37. The highest BCUT2D eigenvalue weighted by Gasteiger charge is 2.13. The van der Waals surface area contributed by atoms with Gasteiger partial charge in [-0.3, -0.25) is 4.79 Å². The molecule has 1 fully saturated rings. The summed E-state index contributed by atoms with van der Waals surface area (Å²) in [5.74, 6) is 1.32. The number of hydrogen-bond acceptors (Lipinski definition) is 5. The van der Waals surface area contributed by atoms with E-state index >= 15 is 0 Å². The van der Waals surface area contributed by atoms with Gasteiger partial charge < -0.3 is 15.0 Å². The van der Waals surface area contributed by atoms with Crippen LogP contribution in [0.1, 0.15) is 16.2 Å². The number of carbonyl (C=O) groups is 1. The summed E-state index contributed by atoms with van der Waals surface area (Å²) in [5, 5.41) is 2.84. The quantitative estimate of drug-likeness (QED) is 0.883. The van der Waals surface area contributed by atoms with Crippen molar-refractivity contribution in [1.82, 2.24) is 15.3 Å². The predicted octanol–water partition coefficient (Wildman–Crippen LogP) is 2.01. The number of aromatic nitrogens is 2. The number of anilines is 1. The van der Waals surface area contributed by atoms with Crippen LogP contribution in [0, 0.1) is 0 Å². The topological polar surface area (TPSA) is 67.4 Å². The van der Waals surface area contributed by atoms with E-state index in [-0.39, 0.29) is 5.91 Å². The van der Waals surface area contributed by atoms with Crippen molar-refractivity contribution in [2.24, 2.45) is 0 Å². The third-order valence-corrected chi connectivity index (χ3v) is 4.01. The van der Waals surface area contributed by atoms with Gasteiger partial charge in [0, 0.05) is 29.3 Å². The first-order chi connectivity index (χ1) is 11.2. The van der Waals surface area contributed by atoms with E-state index in [2.05, 4.69) is 36.1 Å². The molecule has 7 heteroatoms. The average molecular weight is 377 g/mol. The predicted molar refractivity (Wildman–Crippen MR) is 90.4 cm³/mol. The van der Waals surface area contributed by atoms with E-state index in [0.29, 0.717) is 31.1 Å². The zero-order valence-electron chi connectivity index (χ0n) is 12.5. The normalized spacial score (nSPS) is 14.6. The average Bonchev–Trinajstić information content (AvgIpc) is 2.61. The fourth-order valence-corrected chi connectivity index (χ4v) is 2.73. The van der Waals surface area contributed by atoms with Crippen LogP contribution in [0.15, 0.2) is 41.0 Å². The molecule has 1 aliphatic rings. The zero-order chi connectivity index (χ0) is 16.1. The second-order valence-electron chi connectivity index (χ2n) is 5.12. The van der Waals surface area contributed by atoms with Crippen molar-refractivity contribution in [3.63, 3.8) is 0 Å². The Labute approximate surface area is 143 Å². The molecule has 0 saturated carbocycles. The fourth-order valence-electron chi connectivity index (χ4n) is 2.33. The Bertz CT molecular complexity index is 689. The minimum absolute atomic E-state index is 0.147. The monoisotopic (exact) mass is 376 g/mol. The highest BCUT2D eigenvalue weighted by Crippen LogP contribution is 2.13. The number of benzene rings is 1. The van der Waals surface area contributed by atoms with Gasteiger partial charge in [0.1, 0.15) is 11.6 Å². The number of nitrogens with one attached hydrogen (secondary N) is 1. The van der Waals surface area contributed by atoms with Crippen LogP contribution in [0.3, 0.4) is 0 Å². The van der Waals surface area contributed by atoms with Crippen molar-refractivity contribution >= 4 is 27.7 Å². The summed E-state index contributed by atoms with van der Waals surface area (Å²) in [4.78, 5) is 23.0. The van der Waals surface area contributed by atoms with Gasteiger partial charge in [0.05, 0.1) is 19.8 Å². The Morgan fingerprint density at radius 2 is 2.13 bits per heavy atom. The molecule has 1 aromatic heterocycles. The van der Waals surface area contributed by atoms with Gasteiger partial charge in [0.15, 0.2) is 0 Å². The number of amides is 1. The zero-order valence-corrected chi connectivity index (χ0v) is 14.1. The Morgan fingerprint density at radius 1 is 1.30 bits per heavy atom. The van der Waals surface area contributed by atoms with Crippen LogP contribution >= 0.6 is 15.9 Å². The highest BCUT2D eigenvalue weighted by molar-refractivity contribution is 9.10. The molecule has 1 aliphatic heterocycles. The summed E-state index contributed by atoms with van der Waals surface area (Å²) >= 11 is 3.36. The maximum Gasteiger partial charge on any atom is 0.251 e. The van der Waals surface area contributed by atoms with Crippen LogP contribution in [-0.2, 0) is 11.3 Å². The molecular weight excluding hydrogens is 360 g/mol. The van der Waals surface area contributed by atoms with Crippen molar-refractivity contribution < 1.29 is 9.53 Å². The summed E-state index contributed by atoms with van der Waals surface area (Å²) in [6.45, 7) is 3.35. The third kappa shape index (κ3) is 4.27.